The molecule has 3 N–H and O–H groups in total. The van der Waals surface area contributed by atoms with E-state index in [0.29, 0.717) is 5.56 Å². The molecular formula is C16H19N3O2. The van der Waals surface area contributed by atoms with E-state index >= 15 is 0 Å². The number of H-pyrrole nitrogens is 1. The molecule has 0 saturated heterocycles. The second-order valence-electron chi connectivity index (χ2n) is 5.00. The van der Waals surface area contributed by atoms with Gasteiger partial charge in [0.25, 0.3) is 5.91 Å². The molecule has 0 fully saturated rings. The van der Waals surface area contributed by atoms with E-state index in [4.69, 9.17) is 5.73 Å². The highest BCUT2D eigenvalue weighted by molar-refractivity contribution is 5.97. The van der Waals surface area contributed by atoms with Crippen LogP contribution < -0.4 is 5.73 Å². The van der Waals surface area contributed by atoms with Crippen molar-refractivity contribution in [1.29, 1.82) is 0 Å². The number of hydrogen-bond donors (Lipinski definition) is 2. The van der Waals surface area contributed by atoms with Crippen LogP contribution in [-0.2, 0) is 4.79 Å². The Kier molecular flexibility index (Phi) is 4.42. The molecule has 0 aliphatic carbocycles. The molecule has 1 aromatic heterocycles. The SMILES string of the molecule is Cc1[nH]ccc1C(=O)N(CC(N)=O)[C@H](C)c1ccccc1. The summed E-state index contributed by atoms with van der Waals surface area (Å²) >= 11 is 0. The molecular weight excluding hydrogens is 266 g/mol. The van der Waals surface area contributed by atoms with Crippen molar-refractivity contribution in [2.24, 2.45) is 5.73 Å². The van der Waals surface area contributed by atoms with Crippen LogP contribution in [0.5, 0.6) is 0 Å². The largest absolute Gasteiger partial charge is 0.368 e. The maximum Gasteiger partial charge on any atom is 0.256 e. The summed E-state index contributed by atoms with van der Waals surface area (Å²) in [6.45, 7) is 3.60. The predicted octanol–water partition coefficient (Wildman–Crippen LogP) is 2.01. The number of hydrogen-bond acceptors (Lipinski definition) is 2. The Balaban J connectivity index is 2.32. The lowest BCUT2D eigenvalue weighted by Gasteiger charge is -2.28. The van der Waals surface area contributed by atoms with Gasteiger partial charge in [-0.2, -0.15) is 0 Å². The molecule has 0 saturated carbocycles. The summed E-state index contributed by atoms with van der Waals surface area (Å²) in [6.07, 6.45) is 1.71. The zero-order chi connectivity index (χ0) is 15.4. The first-order valence-electron chi connectivity index (χ1n) is 6.79. The van der Waals surface area contributed by atoms with E-state index in [0.717, 1.165) is 11.3 Å². The number of aromatic amines is 1. The molecule has 5 heteroatoms. The normalized spacial score (nSPS) is 11.9. The summed E-state index contributed by atoms with van der Waals surface area (Å²) < 4.78 is 0. The van der Waals surface area contributed by atoms with Gasteiger partial charge >= 0.3 is 0 Å². The fraction of sp³-hybridized carbons (Fsp3) is 0.250. The number of amides is 2. The summed E-state index contributed by atoms with van der Waals surface area (Å²) in [7, 11) is 0. The highest BCUT2D eigenvalue weighted by Gasteiger charge is 2.25. The maximum atomic E-state index is 12.7. The zero-order valence-electron chi connectivity index (χ0n) is 12.2. The fourth-order valence-electron chi connectivity index (χ4n) is 2.30. The smallest absolute Gasteiger partial charge is 0.256 e. The maximum absolute atomic E-state index is 12.7. The summed E-state index contributed by atoms with van der Waals surface area (Å²) in [6, 6.07) is 11.0. The Hall–Kier alpha value is -2.56. The van der Waals surface area contributed by atoms with Gasteiger partial charge in [-0.1, -0.05) is 30.3 Å². The van der Waals surface area contributed by atoms with E-state index in [2.05, 4.69) is 4.98 Å². The van der Waals surface area contributed by atoms with Gasteiger partial charge < -0.3 is 15.6 Å². The van der Waals surface area contributed by atoms with Gasteiger partial charge in [-0.15, -0.1) is 0 Å². The van der Waals surface area contributed by atoms with E-state index in [1.54, 1.807) is 12.3 Å². The van der Waals surface area contributed by atoms with Gasteiger partial charge in [-0.05, 0) is 25.5 Å². The highest BCUT2D eigenvalue weighted by atomic mass is 16.2. The van der Waals surface area contributed by atoms with Crippen molar-refractivity contribution in [3.8, 4) is 0 Å². The lowest BCUT2D eigenvalue weighted by Crippen LogP contribution is -2.40. The van der Waals surface area contributed by atoms with E-state index in [1.807, 2.05) is 44.2 Å². The quantitative estimate of drug-likeness (QED) is 0.881. The predicted molar refractivity (Wildman–Crippen MR) is 80.6 cm³/mol. The second-order valence-corrected chi connectivity index (χ2v) is 5.00. The first-order chi connectivity index (χ1) is 10.0. The average molecular weight is 285 g/mol. The van der Waals surface area contributed by atoms with Crippen LogP contribution in [0.15, 0.2) is 42.6 Å². The number of carbonyl (C=O) groups excluding carboxylic acids is 2. The molecule has 1 atom stereocenters. The van der Waals surface area contributed by atoms with Crippen molar-refractivity contribution in [2.75, 3.05) is 6.54 Å². The van der Waals surface area contributed by atoms with Gasteiger partial charge in [0, 0.05) is 11.9 Å². The van der Waals surface area contributed by atoms with Crippen LogP contribution >= 0.6 is 0 Å². The van der Waals surface area contributed by atoms with Crippen LogP contribution in [0.4, 0.5) is 0 Å². The molecule has 0 bridgehead atoms. The fourth-order valence-corrected chi connectivity index (χ4v) is 2.30. The molecule has 2 rings (SSSR count). The van der Waals surface area contributed by atoms with Crippen molar-refractivity contribution in [2.45, 2.75) is 19.9 Å². The summed E-state index contributed by atoms with van der Waals surface area (Å²) in [5.41, 5.74) is 7.58. The number of nitrogens with zero attached hydrogens (tertiary/aromatic N) is 1. The minimum atomic E-state index is -0.528. The number of benzene rings is 1. The lowest BCUT2D eigenvalue weighted by atomic mass is 10.1. The molecule has 5 nitrogen and oxygen atoms in total. The Morgan fingerprint density at radius 3 is 2.43 bits per heavy atom. The lowest BCUT2D eigenvalue weighted by molar-refractivity contribution is -0.119. The van der Waals surface area contributed by atoms with Gasteiger partial charge in [-0.3, -0.25) is 9.59 Å². The molecule has 1 heterocycles. The van der Waals surface area contributed by atoms with E-state index in [-0.39, 0.29) is 18.5 Å². The number of carbonyl (C=O) groups is 2. The number of nitrogens with two attached hydrogens (primary N) is 1. The Bertz CT molecular complexity index is 634. The molecule has 0 aliphatic rings. The van der Waals surface area contributed by atoms with Gasteiger partial charge in [0.1, 0.15) is 6.54 Å². The van der Waals surface area contributed by atoms with Crippen LogP contribution in [0.25, 0.3) is 0 Å². The van der Waals surface area contributed by atoms with Gasteiger partial charge in [0.2, 0.25) is 5.91 Å². The third-order valence-electron chi connectivity index (χ3n) is 3.52. The minimum absolute atomic E-state index is 0.112. The molecule has 21 heavy (non-hydrogen) atoms. The topological polar surface area (TPSA) is 79.2 Å². The van der Waals surface area contributed by atoms with Gasteiger partial charge in [0.15, 0.2) is 0 Å². The van der Waals surface area contributed by atoms with Crippen LogP contribution in [0.3, 0.4) is 0 Å². The van der Waals surface area contributed by atoms with Crippen molar-refractivity contribution in [3.05, 3.63) is 59.4 Å². The van der Waals surface area contributed by atoms with Crippen LogP contribution in [0.1, 0.15) is 34.6 Å². The van der Waals surface area contributed by atoms with Crippen molar-refractivity contribution < 1.29 is 9.59 Å². The summed E-state index contributed by atoms with van der Waals surface area (Å²) in [4.78, 5) is 28.5. The second kappa shape index (κ2) is 6.26. The standard InChI is InChI=1S/C16H19N3O2/c1-11-14(8-9-18-11)16(21)19(10-15(17)20)12(2)13-6-4-3-5-7-13/h3-9,12,18H,10H2,1-2H3,(H2,17,20)/t12-/m1/s1. The van der Waals surface area contributed by atoms with E-state index < -0.39 is 5.91 Å². The average Bonchev–Trinajstić information content (AvgIpc) is 2.90. The molecule has 0 spiro atoms. The van der Waals surface area contributed by atoms with Crippen molar-refractivity contribution in [3.63, 3.8) is 0 Å². The number of aromatic nitrogens is 1. The van der Waals surface area contributed by atoms with E-state index in [9.17, 15) is 9.59 Å². The monoisotopic (exact) mass is 285 g/mol. The number of primary amides is 1. The van der Waals surface area contributed by atoms with Crippen molar-refractivity contribution in [1.82, 2.24) is 9.88 Å². The Labute approximate surface area is 123 Å². The number of nitrogens with one attached hydrogen (secondary N) is 1. The van der Waals surface area contributed by atoms with E-state index in [1.165, 1.54) is 4.90 Å². The van der Waals surface area contributed by atoms with Crippen LogP contribution in [0, 0.1) is 6.92 Å². The van der Waals surface area contributed by atoms with Crippen LogP contribution in [0.2, 0.25) is 0 Å². The Morgan fingerprint density at radius 1 is 1.24 bits per heavy atom. The number of rotatable bonds is 5. The number of aryl methyl sites for hydroxylation is 1. The molecule has 0 unspecified atom stereocenters. The van der Waals surface area contributed by atoms with Crippen LogP contribution in [-0.4, -0.2) is 28.2 Å². The van der Waals surface area contributed by atoms with Gasteiger partial charge in [0.05, 0.1) is 11.6 Å². The zero-order valence-corrected chi connectivity index (χ0v) is 12.2. The third kappa shape index (κ3) is 3.31. The molecule has 110 valence electrons. The van der Waals surface area contributed by atoms with Gasteiger partial charge in [-0.25, -0.2) is 0 Å². The Morgan fingerprint density at radius 2 is 1.90 bits per heavy atom. The molecule has 2 amide bonds. The molecule has 1 aromatic carbocycles. The molecule has 0 aliphatic heterocycles. The summed E-state index contributed by atoms with van der Waals surface area (Å²) in [5.74, 6) is -0.733. The first kappa shape index (κ1) is 14.8. The molecule has 2 aromatic rings. The summed E-state index contributed by atoms with van der Waals surface area (Å²) in [5, 5.41) is 0. The highest BCUT2D eigenvalue weighted by Crippen LogP contribution is 2.22. The van der Waals surface area contributed by atoms with Crippen molar-refractivity contribution >= 4 is 11.8 Å². The minimum Gasteiger partial charge on any atom is -0.368 e. The third-order valence-corrected chi connectivity index (χ3v) is 3.52. The molecule has 0 radical (unpaired) electrons. The first-order valence-corrected chi connectivity index (χ1v) is 6.79.